The van der Waals surface area contributed by atoms with E-state index in [-0.39, 0.29) is 11.9 Å². The Hall–Kier alpha value is -1.79. The zero-order valence-corrected chi connectivity index (χ0v) is 13.5. The number of ether oxygens (including phenoxy) is 1. The van der Waals surface area contributed by atoms with Crippen molar-refractivity contribution in [3.63, 3.8) is 0 Å². The molecular weight excluding hydrogens is 312 g/mol. The molecule has 2 fully saturated rings. The second-order valence-corrected chi connectivity index (χ2v) is 7.13. The third-order valence-electron chi connectivity index (χ3n) is 4.39. The Balaban J connectivity index is 1.56. The van der Waals surface area contributed by atoms with Gasteiger partial charge in [-0.2, -0.15) is 11.8 Å². The zero-order valence-electron chi connectivity index (χ0n) is 12.7. The van der Waals surface area contributed by atoms with E-state index in [0.717, 1.165) is 37.5 Å². The number of rotatable bonds is 2. The fourth-order valence-electron chi connectivity index (χ4n) is 3.20. The van der Waals surface area contributed by atoms with E-state index >= 15 is 0 Å². The summed E-state index contributed by atoms with van der Waals surface area (Å²) in [6, 6.07) is 11.7. The Morgan fingerprint density at radius 2 is 2.17 bits per heavy atom. The van der Waals surface area contributed by atoms with Crippen molar-refractivity contribution >= 4 is 17.7 Å². The lowest BCUT2D eigenvalue weighted by atomic mass is 10.1. The van der Waals surface area contributed by atoms with E-state index in [1.165, 1.54) is 0 Å². The predicted molar refractivity (Wildman–Crippen MR) is 88.4 cm³/mol. The monoisotopic (exact) mass is 330 g/mol. The number of fused-ring (bicyclic) bond motifs is 1. The highest BCUT2D eigenvalue weighted by Crippen LogP contribution is 2.31. The minimum absolute atomic E-state index is 0.0584. The maximum atomic E-state index is 12.8. The maximum absolute atomic E-state index is 12.8. The van der Waals surface area contributed by atoms with Crippen molar-refractivity contribution in [2.24, 2.45) is 0 Å². The fraction of sp³-hybridized carbons (Fsp3) is 0.412. The summed E-state index contributed by atoms with van der Waals surface area (Å²) in [5.41, 5.74) is 1.65. The van der Waals surface area contributed by atoms with Gasteiger partial charge in [-0.3, -0.25) is 4.79 Å². The van der Waals surface area contributed by atoms with Crippen molar-refractivity contribution in [2.75, 3.05) is 25.5 Å². The van der Waals surface area contributed by atoms with Gasteiger partial charge in [-0.05, 0) is 6.42 Å². The number of amides is 1. The second-order valence-electron chi connectivity index (χ2n) is 5.78. The molecule has 3 heterocycles. The Morgan fingerprint density at radius 1 is 1.30 bits per heavy atom. The molecule has 6 heteroatoms. The summed E-state index contributed by atoms with van der Waals surface area (Å²) in [6.07, 6.45) is 0.892. The van der Waals surface area contributed by atoms with Crippen molar-refractivity contribution in [3.8, 4) is 11.3 Å². The molecule has 120 valence electrons. The Morgan fingerprint density at radius 3 is 3.04 bits per heavy atom. The zero-order chi connectivity index (χ0) is 15.6. The van der Waals surface area contributed by atoms with E-state index in [1.54, 1.807) is 6.07 Å². The lowest BCUT2D eigenvalue weighted by Gasteiger charge is -2.42. The molecule has 0 N–H and O–H groups in total. The normalized spacial score (nSPS) is 24.3. The van der Waals surface area contributed by atoms with Gasteiger partial charge in [0.05, 0.1) is 6.61 Å². The smallest absolute Gasteiger partial charge is 0.292 e. The molecule has 1 amide bonds. The molecule has 1 aromatic carbocycles. The third-order valence-corrected chi connectivity index (χ3v) is 5.68. The first kappa shape index (κ1) is 14.8. The molecule has 0 spiro atoms. The van der Waals surface area contributed by atoms with Gasteiger partial charge in [-0.1, -0.05) is 35.5 Å². The van der Waals surface area contributed by atoms with E-state index in [0.29, 0.717) is 16.7 Å². The summed E-state index contributed by atoms with van der Waals surface area (Å²) in [4.78, 5) is 14.8. The summed E-state index contributed by atoms with van der Waals surface area (Å²) < 4.78 is 10.9. The molecule has 0 saturated carbocycles. The molecule has 5 nitrogen and oxygen atoms in total. The number of carbonyl (C=O) groups excluding carboxylic acids is 1. The molecule has 2 aliphatic heterocycles. The van der Waals surface area contributed by atoms with Crippen LogP contribution in [0.2, 0.25) is 0 Å². The predicted octanol–water partition coefficient (Wildman–Crippen LogP) is 2.69. The summed E-state index contributed by atoms with van der Waals surface area (Å²) in [6.45, 7) is 2.20. The van der Waals surface area contributed by atoms with E-state index in [4.69, 9.17) is 9.26 Å². The fourth-order valence-corrected chi connectivity index (χ4v) is 4.50. The van der Waals surface area contributed by atoms with Crippen molar-refractivity contribution in [3.05, 3.63) is 42.2 Å². The van der Waals surface area contributed by atoms with E-state index in [1.807, 2.05) is 47.0 Å². The van der Waals surface area contributed by atoms with Crippen LogP contribution in [0.1, 0.15) is 17.0 Å². The molecule has 2 saturated heterocycles. The average molecular weight is 330 g/mol. The first-order valence-corrected chi connectivity index (χ1v) is 8.90. The number of hydrogen-bond donors (Lipinski definition) is 0. The van der Waals surface area contributed by atoms with Gasteiger partial charge in [0.25, 0.3) is 5.91 Å². The van der Waals surface area contributed by atoms with Gasteiger partial charge >= 0.3 is 0 Å². The molecule has 23 heavy (non-hydrogen) atoms. The topological polar surface area (TPSA) is 55.6 Å². The Labute approximate surface area is 139 Å². The van der Waals surface area contributed by atoms with Gasteiger partial charge in [0.1, 0.15) is 5.69 Å². The largest absolute Gasteiger partial charge is 0.380 e. The van der Waals surface area contributed by atoms with Gasteiger partial charge in [-0.25, -0.2) is 0 Å². The van der Waals surface area contributed by atoms with Gasteiger partial charge < -0.3 is 14.2 Å². The molecule has 4 rings (SSSR count). The number of nitrogens with zero attached hydrogens (tertiary/aromatic N) is 2. The van der Waals surface area contributed by atoms with Crippen molar-refractivity contribution in [1.29, 1.82) is 0 Å². The molecule has 2 aromatic rings. The summed E-state index contributed by atoms with van der Waals surface area (Å²) in [5, 5.41) is 4.43. The lowest BCUT2D eigenvalue weighted by molar-refractivity contribution is 0.0296. The Kier molecular flexibility index (Phi) is 4.10. The van der Waals surface area contributed by atoms with Crippen LogP contribution >= 0.6 is 11.8 Å². The van der Waals surface area contributed by atoms with Crippen molar-refractivity contribution in [1.82, 2.24) is 10.1 Å². The van der Waals surface area contributed by atoms with Crippen LogP contribution in [0.25, 0.3) is 11.3 Å². The highest BCUT2D eigenvalue weighted by molar-refractivity contribution is 8.00. The van der Waals surface area contributed by atoms with E-state index in [9.17, 15) is 4.79 Å². The summed E-state index contributed by atoms with van der Waals surface area (Å²) in [7, 11) is 0. The summed E-state index contributed by atoms with van der Waals surface area (Å²) >= 11 is 1.90. The first-order valence-electron chi connectivity index (χ1n) is 7.85. The molecule has 1 aromatic heterocycles. The van der Waals surface area contributed by atoms with E-state index in [2.05, 4.69) is 5.16 Å². The molecule has 2 aliphatic rings. The van der Waals surface area contributed by atoms with Crippen LogP contribution in [0.15, 0.2) is 40.9 Å². The van der Waals surface area contributed by atoms with Gasteiger partial charge in [-0.15, -0.1) is 0 Å². The van der Waals surface area contributed by atoms with Crippen molar-refractivity contribution in [2.45, 2.75) is 17.7 Å². The second kappa shape index (κ2) is 6.37. The van der Waals surface area contributed by atoms with Crippen LogP contribution in [0.5, 0.6) is 0 Å². The lowest BCUT2D eigenvalue weighted by Crippen LogP contribution is -2.54. The molecule has 0 aliphatic carbocycles. The first-order chi connectivity index (χ1) is 11.3. The number of benzene rings is 1. The van der Waals surface area contributed by atoms with Gasteiger partial charge in [0.2, 0.25) is 5.76 Å². The minimum atomic E-state index is -0.0584. The van der Waals surface area contributed by atoms with Crippen LogP contribution in [-0.2, 0) is 4.74 Å². The number of thioether (sulfide) groups is 1. The van der Waals surface area contributed by atoms with Crippen LogP contribution < -0.4 is 0 Å². The molecule has 0 bridgehead atoms. The standard InChI is InChI=1S/C17H18N2O3S/c20-17(19-7-9-23-16-11-21-8-6-14(16)19)15-10-13(18-22-15)12-4-2-1-3-5-12/h1-5,10,14,16H,6-9,11H2/t14-,16-/m1/s1. The van der Waals surface area contributed by atoms with Crippen LogP contribution in [0.4, 0.5) is 0 Å². The van der Waals surface area contributed by atoms with Gasteiger partial charge in [0, 0.05) is 41.8 Å². The number of carbonyl (C=O) groups is 1. The quantitative estimate of drug-likeness (QED) is 0.847. The molecular formula is C17H18N2O3S. The minimum Gasteiger partial charge on any atom is -0.380 e. The number of aromatic nitrogens is 1. The summed E-state index contributed by atoms with van der Waals surface area (Å²) in [5.74, 6) is 1.20. The van der Waals surface area contributed by atoms with Crippen molar-refractivity contribution < 1.29 is 14.1 Å². The molecule has 0 radical (unpaired) electrons. The third kappa shape index (κ3) is 2.88. The van der Waals surface area contributed by atoms with Crippen LogP contribution in [0.3, 0.4) is 0 Å². The SMILES string of the molecule is O=C(c1cc(-c2ccccc2)no1)N1CCS[C@@H]2COCC[C@H]21. The molecule has 2 atom stereocenters. The van der Waals surface area contributed by atoms with Gasteiger partial charge in [0.15, 0.2) is 0 Å². The molecule has 0 unspecified atom stereocenters. The highest BCUT2D eigenvalue weighted by atomic mass is 32.2. The number of hydrogen-bond acceptors (Lipinski definition) is 5. The Bertz CT molecular complexity index is 686. The van der Waals surface area contributed by atoms with E-state index < -0.39 is 0 Å². The van der Waals surface area contributed by atoms with Crippen LogP contribution in [-0.4, -0.2) is 52.8 Å². The maximum Gasteiger partial charge on any atom is 0.292 e. The average Bonchev–Trinajstić information content (AvgIpc) is 3.11. The highest BCUT2D eigenvalue weighted by Gasteiger charge is 2.38. The van der Waals surface area contributed by atoms with Crippen LogP contribution in [0, 0.1) is 0 Å².